The summed E-state index contributed by atoms with van der Waals surface area (Å²) in [5, 5.41) is 11.7. The molecule has 0 aromatic rings. The van der Waals surface area contributed by atoms with Crippen molar-refractivity contribution in [2.24, 2.45) is 11.3 Å². The molecule has 1 heterocycles. The van der Waals surface area contributed by atoms with E-state index in [-0.39, 0.29) is 18.6 Å². The van der Waals surface area contributed by atoms with Crippen LogP contribution in [0.4, 0.5) is 4.79 Å². The minimum atomic E-state index is -0.928. The zero-order valence-electron chi connectivity index (χ0n) is 11.7. The quantitative estimate of drug-likeness (QED) is 0.807. The maximum atomic E-state index is 12.1. The van der Waals surface area contributed by atoms with Crippen molar-refractivity contribution in [1.29, 1.82) is 0 Å². The Morgan fingerprint density at radius 3 is 2.56 bits per heavy atom. The van der Waals surface area contributed by atoms with Gasteiger partial charge in [-0.1, -0.05) is 13.8 Å². The molecule has 18 heavy (non-hydrogen) atoms. The lowest BCUT2D eigenvalue weighted by atomic mass is 9.94. The number of carboxylic acid groups (broad SMARTS) is 1. The Kier molecular flexibility index (Phi) is 4.59. The van der Waals surface area contributed by atoms with Gasteiger partial charge < -0.3 is 15.3 Å². The van der Waals surface area contributed by atoms with Crippen LogP contribution in [0, 0.1) is 11.3 Å². The molecule has 1 aliphatic heterocycles. The summed E-state index contributed by atoms with van der Waals surface area (Å²) in [5.74, 6) is -0.463. The van der Waals surface area contributed by atoms with Crippen molar-refractivity contribution in [3.63, 3.8) is 0 Å². The van der Waals surface area contributed by atoms with E-state index in [2.05, 4.69) is 19.2 Å². The number of urea groups is 1. The van der Waals surface area contributed by atoms with E-state index in [9.17, 15) is 9.59 Å². The molecule has 5 nitrogen and oxygen atoms in total. The summed E-state index contributed by atoms with van der Waals surface area (Å²) in [7, 11) is 0. The Morgan fingerprint density at radius 2 is 2.06 bits per heavy atom. The molecular weight excluding hydrogens is 232 g/mol. The minimum absolute atomic E-state index is 0.138. The molecule has 104 valence electrons. The number of likely N-dealkylation sites (tertiary alicyclic amines) is 1. The fourth-order valence-corrected chi connectivity index (χ4v) is 2.21. The van der Waals surface area contributed by atoms with Crippen molar-refractivity contribution in [3.8, 4) is 0 Å². The van der Waals surface area contributed by atoms with Crippen LogP contribution in [0.1, 0.15) is 40.5 Å². The highest BCUT2D eigenvalue weighted by Crippen LogP contribution is 2.23. The summed E-state index contributed by atoms with van der Waals surface area (Å²) >= 11 is 0. The maximum Gasteiger partial charge on any atom is 0.317 e. The van der Waals surface area contributed by atoms with Gasteiger partial charge >= 0.3 is 12.0 Å². The van der Waals surface area contributed by atoms with Crippen molar-refractivity contribution in [2.75, 3.05) is 13.1 Å². The van der Waals surface area contributed by atoms with Crippen molar-refractivity contribution in [1.82, 2.24) is 10.2 Å². The highest BCUT2D eigenvalue weighted by atomic mass is 16.4. The largest absolute Gasteiger partial charge is 0.481 e. The van der Waals surface area contributed by atoms with Gasteiger partial charge in [0.1, 0.15) is 0 Å². The number of carboxylic acids is 1. The first-order valence-electron chi connectivity index (χ1n) is 6.53. The number of hydrogen-bond acceptors (Lipinski definition) is 2. The smallest absolute Gasteiger partial charge is 0.317 e. The average Bonchev–Trinajstić information content (AvgIpc) is 2.74. The first kappa shape index (κ1) is 14.8. The van der Waals surface area contributed by atoms with E-state index in [0.29, 0.717) is 5.92 Å². The monoisotopic (exact) mass is 256 g/mol. The number of amides is 2. The van der Waals surface area contributed by atoms with Gasteiger partial charge in [0.2, 0.25) is 0 Å². The zero-order chi connectivity index (χ0) is 13.9. The van der Waals surface area contributed by atoms with Crippen LogP contribution in [-0.4, -0.2) is 41.1 Å². The topological polar surface area (TPSA) is 69.6 Å². The Hall–Kier alpha value is -1.26. The lowest BCUT2D eigenvalue weighted by Crippen LogP contribution is -2.48. The molecule has 1 unspecified atom stereocenters. The van der Waals surface area contributed by atoms with Gasteiger partial charge in [0.15, 0.2) is 0 Å². The predicted molar refractivity (Wildman–Crippen MR) is 69.4 cm³/mol. The number of nitrogens with one attached hydrogen (secondary N) is 1. The number of rotatable bonds is 4. The van der Waals surface area contributed by atoms with E-state index in [1.807, 2.05) is 4.90 Å². The number of hydrogen-bond donors (Lipinski definition) is 2. The molecule has 0 spiro atoms. The number of carbonyl (C=O) groups is 2. The van der Waals surface area contributed by atoms with E-state index < -0.39 is 11.4 Å². The fourth-order valence-electron chi connectivity index (χ4n) is 2.21. The lowest BCUT2D eigenvalue weighted by Gasteiger charge is -2.29. The van der Waals surface area contributed by atoms with Crippen LogP contribution in [-0.2, 0) is 4.79 Å². The van der Waals surface area contributed by atoms with Crippen LogP contribution in [0.15, 0.2) is 0 Å². The summed E-state index contributed by atoms with van der Waals surface area (Å²) in [5.41, 5.74) is -0.928. The van der Waals surface area contributed by atoms with Gasteiger partial charge in [-0.05, 0) is 32.6 Å². The van der Waals surface area contributed by atoms with E-state index in [1.54, 1.807) is 13.8 Å². The first-order chi connectivity index (χ1) is 8.25. The molecule has 1 rings (SSSR count). The summed E-state index contributed by atoms with van der Waals surface area (Å²) in [6.07, 6.45) is 2.06. The zero-order valence-corrected chi connectivity index (χ0v) is 11.7. The number of nitrogens with zero attached hydrogens (tertiary/aromatic N) is 1. The minimum Gasteiger partial charge on any atom is -0.481 e. The predicted octanol–water partition coefficient (Wildman–Crippen LogP) is 1.93. The SMILES string of the molecule is CC(C)C1CCCN1C(=O)NCC(C)(C)C(=O)O. The van der Waals surface area contributed by atoms with Gasteiger partial charge in [0, 0.05) is 19.1 Å². The van der Waals surface area contributed by atoms with Gasteiger partial charge in [-0.15, -0.1) is 0 Å². The second kappa shape index (κ2) is 5.59. The molecule has 1 atom stereocenters. The molecule has 5 heteroatoms. The molecule has 0 saturated carbocycles. The van der Waals surface area contributed by atoms with Gasteiger partial charge in [0.25, 0.3) is 0 Å². The van der Waals surface area contributed by atoms with Crippen LogP contribution in [0.25, 0.3) is 0 Å². The second-order valence-electron chi connectivity index (χ2n) is 5.99. The molecule has 0 radical (unpaired) electrons. The molecule has 0 aliphatic carbocycles. The molecule has 0 aromatic heterocycles. The normalized spacial score (nSPS) is 20.3. The first-order valence-corrected chi connectivity index (χ1v) is 6.53. The van der Waals surface area contributed by atoms with E-state index in [4.69, 9.17) is 5.11 Å². The maximum absolute atomic E-state index is 12.1. The highest BCUT2D eigenvalue weighted by molar-refractivity contribution is 5.78. The van der Waals surface area contributed by atoms with Crippen LogP contribution in [0.2, 0.25) is 0 Å². The Balaban J connectivity index is 2.53. The lowest BCUT2D eigenvalue weighted by molar-refractivity contribution is -0.146. The van der Waals surface area contributed by atoms with Crippen molar-refractivity contribution in [3.05, 3.63) is 0 Å². The van der Waals surface area contributed by atoms with E-state index in [1.165, 1.54) is 0 Å². The third-order valence-corrected chi connectivity index (χ3v) is 3.59. The standard InChI is InChI=1S/C13H24N2O3/c1-9(2)10-6-5-7-15(10)12(18)14-8-13(3,4)11(16)17/h9-10H,5-8H2,1-4H3,(H,14,18)(H,16,17). The highest BCUT2D eigenvalue weighted by Gasteiger charge is 2.33. The van der Waals surface area contributed by atoms with E-state index >= 15 is 0 Å². The molecule has 0 bridgehead atoms. The summed E-state index contributed by atoms with van der Waals surface area (Å²) in [6.45, 7) is 8.36. The van der Waals surface area contributed by atoms with Gasteiger partial charge in [-0.2, -0.15) is 0 Å². The summed E-state index contributed by atoms with van der Waals surface area (Å²) in [6, 6.07) is 0.137. The second-order valence-corrected chi connectivity index (χ2v) is 5.99. The third kappa shape index (κ3) is 3.37. The number of aliphatic carboxylic acids is 1. The molecule has 1 fully saturated rings. The van der Waals surface area contributed by atoms with Crippen LogP contribution >= 0.6 is 0 Å². The molecule has 1 saturated heterocycles. The summed E-state index contributed by atoms with van der Waals surface area (Å²) < 4.78 is 0. The Bertz CT molecular complexity index is 326. The van der Waals surface area contributed by atoms with Crippen molar-refractivity contribution >= 4 is 12.0 Å². The van der Waals surface area contributed by atoms with Gasteiger partial charge in [-0.3, -0.25) is 4.79 Å². The Labute approximate surface area is 109 Å². The summed E-state index contributed by atoms with van der Waals surface area (Å²) in [4.78, 5) is 24.8. The van der Waals surface area contributed by atoms with Crippen molar-refractivity contribution in [2.45, 2.75) is 46.6 Å². The van der Waals surface area contributed by atoms with Crippen molar-refractivity contribution < 1.29 is 14.7 Å². The fraction of sp³-hybridized carbons (Fsp3) is 0.846. The van der Waals surface area contributed by atoms with E-state index in [0.717, 1.165) is 19.4 Å². The Morgan fingerprint density at radius 1 is 1.44 bits per heavy atom. The molecule has 2 amide bonds. The average molecular weight is 256 g/mol. The molecular formula is C13H24N2O3. The van der Waals surface area contributed by atoms with Crippen LogP contribution in [0.5, 0.6) is 0 Å². The molecule has 1 aliphatic rings. The van der Waals surface area contributed by atoms with Gasteiger partial charge in [0.05, 0.1) is 5.41 Å². The molecule has 0 aromatic carbocycles. The van der Waals surface area contributed by atoms with Crippen LogP contribution in [0.3, 0.4) is 0 Å². The molecule has 2 N–H and O–H groups in total. The number of carbonyl (C=O) groups excluding carboxylic acids is 1. The van der Waals surface area contributed by atoms with Crippen LogP contribution < -0.4 is 5.32 Å². The van der Waals surface area contributed by atoms with Gasteiger partial charge in [-0.25, -0.2) is 4.79 Å². The third-order valence-electron chi connectivity index (χ3n) is 3.59.